The van der Waals surface area contributed by atoms with E-state index in [-0.39, 0.29) is 17.0 Å². The molecule has 0 radical (unpaired) electrons. The lowest BCUT2D eigenvalue weighted by Gasteiger charge is -2.05. The average molecular weight is 282 g/mol. The summed E-state index contributed by atoms with van der Waals surface area (Å²) < 4.78 is 27.9. The Bertz CT molecular complexity index is 697. The lowest BCUT2D eigenvalue weighted by atomic mass is 10.3. The van der Waals surface area contributed by atoms with E-state index in [2.05, 4.69) is 14.8 Å². The van der Waals surface area contributed by atoms with Crippen molar-refractivity contribution >= 4 is 10.0 Å². The molecule has 0 amide bonds. The molecule has 2 aromatic heterocycles. The standard InChI is InChI=1S/C11H14N4O3S/c1-15-8-9(6-13-15)4-5-14-19(17,18)10-2-3-11(16)12-7-10/h2-3,6-8,14H,4-5H2,1H3,(H,12,16). The van der Waals surface area contributed by atoms with Crippen LogP contribution < -0.4 is 10.3 Å². The van der Waals surface area contributed by atoms with Gasteiger partial charge in [0.2, 0.25) is 15.6 Å². The van der Waals surface area contributed by atoms with Crippen molar-refractivity contribution in [1.82, 2.24) is 19.5 Å². The zero-order chi connectivity index (χ0) is 13.9. The Morgan fingerprint density at radius 3 is 2.79 bits per heavy atom. The Balaban J connectivity index is 1.98. The van der Waals surface area contributed by atoms with E-state index in [0.29, 0.717) is 6.42 Å². The van der Waals surface area contributed by atoms with Gasteiger partial charge in [-0.15, -0.1) is 0 Å². The van der Waals surface area contributed by atoms with Crippen LogP contribution in [0.15, 0.2) is 40.4 Å². The summed E-state index contributed by atoms with van der Waals surface area (Å²) in [5.41, 5.74) is 0.612. The predicted molar refractivity (Wildman–Crippen MR) is 69.2 cm³/mol. The third-order valence-corrected chi connectivity index (χ3v) is 3.99. The van der Waals surface area contributed by atoms with E-state index in [1.807, 2.05) is 6.20 Å². The van der Waals surface area contributed by atoms with Gasteiger partial charge < -0.3 is 4.98 Å². The Hall–Kier alpha value is -1.93. The van der Waals surface area contributed by atoms with E-state index in [1.165, 1.54) is 18.3 Å². The fraction of sp³-hybridized carbons (Fsp3) is 0.273. The van der Waals surface area contributed by atoms with Gasteiger partial charge >= 0.3 is 0 Å². The molecule has 0 saturated heterocycles. The second kappa shape index (κ2) is 5.37. The number of sulfonamides is 1. The number of H-pyrrole nitrogens is 1. The van der Waals surface area contributed by atoms with Crippen molar-refractivity contribution < 1.29 is 8.42 Å². The molecule has 2 rings (SSSR count). The summed E-state index contributed by atoms with van der Waals surface area (Å²) in [6, 6.07) is 2.45. The number of hydrogen-bond acceptors (Lipinski definition) is 4. The molecule has 0 aliphatic rings. The van der Waals surface area contributed by atoms with Crippen molar-refractivity contribution in [2.45, 2.75) is 11.3 Å². The van der Waals surface area contributed by atoms with Crippen LogP contribution in [0.3, 0.4) is 0 Å². The maximum absolute atomic E-state index is 11.9. The molecule has 0 fully saturated rings. The van der Waals surface area contributed by atoms with Crippen LogP contribution in [0.4, 0.5) is 0 Å². The van der Waals surface area contributed by atoms with Crippen LogP contribution in [0.5, 0.6) is 0 Å². The van der Waals surface area contributed by atoms with Crippen LogP contribution in [0.25, 0.3) is 0 Å². The number of aromatic amines is 1. The SMILES string of the molecule is Cn1cc(CCNS(=O)(=O)c2ccc(=O)[nH]c2)cn1. The summed E-state index contributed by atoms with van der Waals surface area (Å²) in [6.07, 6.45) is 5.24. The third kappa shape index (κ3) is 3.52. The fourth-order valence-corrected chi connectivity index (χ4v) is 2.58. The minimum absolute atomic E-state index is 0.0401. The van der Waals surface area contributed by atoms with E-state index >= 15 is 0 Å². The van der Waals surface area contributed by atoms with Gasteiger partial charge in [-0.3, -0.25) is 9.48 Å². The smallest absolute Gasteiger partial charge is 0.247 e. The zero-order valence-electron chi connectivity index (χ0n) is 10.3. The summed E-state index contributed by atoms with van der Waals surface area (Å²) in [5.74, 6) is 0. The van der Waals surface area contributed by atoms with Crippen LogP contribution in [0.2, 0.25) is 0 Å². The topological polar surface area (TPSA) is 96.9 Å². The van der Waals surface area contributed by atoms with Gasteiger partial charge in [-0.2, -0.15) is 5.10 Å². The largest absolute Gasteiger partial charge is 0.328 e. The second-order valence-corrected chi connectivity index (χ2v) is 5.83. The molecule has 0 bridgehead atoms. The van der Waals surface area contributed by atoms with Gasteiger partial charge in [0.1, 0.15) is 0 Å². The van der Waals surface area contributed by atoms with Gasteiger partial charge in [-0.05, 0) is 18.1 Å². The molecule has 102 valence electrons. The second-order valence-electron chi connectivity index (χ2n) is 4.06. The van der Waals surface area contributed by atoms with Crippen LogP contribution in [0, 0.1) is 0 Å². The van der Waals surface area contributed by atoms with Gasteiger partial charge in [0.15, 0.2) is 0 Å². The van der Waals surface area contributed by atoms with Crippen LogP contribution in [-0.4, -0.2) is 29.7 Å². The summed E-state index contributed by atoms with van der Waals surface area (Å²) in [4.78, 5) is 13.2. The number of aryl methyl sites for hydroxylation is 1. The highest BCUT2D eigenvalue weighted by atomic mass is 32.2. The molecule has 2 aromatic rings. The predicted octanol–water partition coefficient (Wildman–Crippen LogP) is -0.371. The molecule has 0 saturated carbocycles. The zero-order valence-corrected chi connectivity index (χ0v) is 11.1. The molecule has 2 heterocycles. The highest BCUT2D eigenvalue weighted by Crippen LogP contribution is 2.04. The molecule has 0 aromatic carbocycles. The highest BCUT2D eigenvalue weighted by Gasteiger charge is 2.13. The number of nitrogens with zero attached hydrogens (tertiary/aromatic N) is 2. The summed E-state index contributed by atoms with van der Waals surface area (Å²) >= 11 is 0. The first-order chi connectivity index (χ1) is 8.97. The molecular weight excluding hydrogens is 268 g/mol. The van der Waals surface area contributed by atoms with E-state index in [1.54, 1.807) is 17.9 Å². The maximum atomic E-state index is 11.9. The highest BCUT2D eigenvalue weighted by molar-refractivity contribution is 7.89. The lowest BCUT2D eigenvalue weighted by Crippen LogP contribution is -2.26. The van der Waals surface area contributed by atoms with Crippen molar-refractivity contribution in [3.8, 4) is 0 Å². The van der Waals surface area contributed by atoms with Gasteiger partial charge in [-0.1, -0.05) is 0 Å². The van der Waals surface area contributed by atoms with Gasteiger partial charge in [0, 0.05) is 32.1 Å². The number of aromatic nitrogens is 3. The fourth-order valence-electron chi connectivity index (χ4n) is 1.58. The molecule has 0 aliphatic carbocycles. The van der Waals surface area contributed by atoms with Gasteiger partial charge in [0.05, 0.1) is 11.1 Å². The minimum atomic E-state index is -3.59. The first kappa shape index (κ1) is 13.5. The number of rotatable bonds is 5. The Morgan fingerprint density at radius 2 is 2.21 bits per heavy atom. The first-order valence-electron chi connectivity index (χ1n) is 5.63. The monoisotopic (exact) mass is 282 g/mol. The molecule has 19 heavy (non-hydrogen) atoms. The van der Waals surface area contributed by atoms with Crippen molar-refractivity contribution in [2.75, 3.05) is 6.54 Å². The summed E-state index contributed by atoms with van der Waals surface area (Å²) in [6.45, 7) is 0.271. The van der Waals surface area contributed by atoms with Crippen LogP contribution in [-0.2, 0) is 23.5 Å². The van der Waals surface area contributed by atoms with E-state index in [4.69, 9.17) is 0 Å². The molecule has 0 aliphatic heterocycles. The first-order valence-corrected chi connectivity index (χ1v) is 7.11. The summed E-state index contributed by atoms with van der Waals surface area (Å²) in [7, 11) is -1.79. The maximum Gasteiger partial charge on any atom is 0.247 e. The Morgan fingerprint density at radius 1 is 1.42 bits per heavy atom. The van der Waals surface area contributed by atoms with Crippen LogP contribution in [0.1, 0.15) is 5.56 Å². The molecule has 2 N–H and O–H groups in total. The van der Waals surface area contributed by atoms with Crippen molar-refractivity contribution in [3.63, 3.8) is 0 Å². The van der Waals surface area contributed by atoms with Crippen LogP contribution >= 0.6 is 0 Å². The molecular formula is C11H14N4O3S. The molecule has 0 atom stereocenters. The number of nitrogens with one attached hydrogen (secondary N) is 2. The third-order valence-electron chi connectivity index (χ3n) is 2.53. The van der Waals surface area contributed by atoms with E-state index < -0.39 is 10.0 Å². The van der Waals surface area contributed by atoms with E-state index in [0.717, 1.165) is 5.56 Å². The van der Waals surface area contributed by atoms with E-state index in [9.17, 15) is 13.2 Å². The quantitative estimate of drug-likeness (QED) is 0.782. The molecule has 0 spiro atoms. The molecule has 7 nitrogen and oxygen atoms in total. The van der Waals surface area contributed by atoms with Crippen molar-refractivity contribution in [2.24, 2.45) is 7.05 Å². The Kier molecular flexibility index (Phi) is 3.82. The van der Waals surface area contributed by atoms with Crippen molar-refractivity contribution in [1.29, 1.82) is 0 Å². The number of hydrogen-bond donors (Lipinski definition) is 2. The molecule has 8 heteroatoms. The molecule has 0 unspecified atom stereocenters. The lowest BCUT2D eigenvalue weighted by molar-refractivity contribution is 0.581. The average Bonchev–Trinajstić information content (AvgIpc) is 2.75. The van der Waals surface area contributed by atoms with Crippen molar-refractivity contribution in [3.05, 3.63) is 46.6 Å². The minimum Gasteiger partial charge on any atom is -0.328 e. The Labute approximate surface area is 110 Å². The summed E-state index contributed by atoms with van der Waals surface area (Å²) in [5, 5.41) is 4.00. The van der Waals surface area contributed by atoms with Gasteiger partial charge in [-0.25, -0.2) is 13.1 Å². The number of pyridine rings is 1. The van der Waals surface area contributed by atoms with Gasteiger partial charge in [0.25, 0.3) is 0 Å². The normalized spacial score (nSPS) is 11.6.